The molecule has 0 saturated heterocycles. The van der Waals surface area contributed by atoms with Crippen LogP contribution in [-0.4, -0.2) is 29.1 Å². The second kappa shape index (κ2) is 7.51. The van der Waals surface area contributed by atoms with Gasteiger partial charge in [-0.25, -0.2) is 4.98 Å². The van der Waals surface area contributed by atoms with Crippen LogP contribution < -0.4 is 11.1 Å². The number of aryl methyl sites for hydroxylation is 1. The van der Waals surface area contributed by atoms with Gasteiger partial charge in [0.25, 0.3) is 0 Å². The smallest absolute Gasteiger partial charge is 0.246 e. The Balaban J connectivity index is 0.00000225. The summed E-state index contributed by atoms with van der Waals surface area (Å²) in [7, 11) is 0. The zero-order chi connectivity index (χ0) is 17.5. The number of anilines is 1. The molecule has 3 atom stereocenters. The van der Waals surface area contributed by atoms with Crippen molar-refractivity contribution < 1.29 is 9.53 Å². The standard InChI is InChI=1S/C18H29N3O2S.ClH/c1-5-11-7-8-12-13(9-11)24-16(20-12)21-15(22)18(19)10-14(23-6-2)17(18,3)4;/h11,14H,5-10,19H2,1-4H3,(H,20,21,22);1H. The van der Waals surface area contributed by atoms with Crippen LogP contribution in [0.1, 0.15) is 57.5 Å². The number of hydrogen-bond donors (Lipinski definition) is 2. The minimum absolute atomic E-state index is 0. The van der Waals surface area contributed by atoms with Gasteiger partial charge in [0, 0.05) is 23.3 Å². The molecule has 1 heterocycles. The normalized spacial score (nSPS) is 30.0. The Kier molecular flexibility index (Phi) is 6.19. The molecule has 142 valence electrons. The minimum Gasteiger partial charge on any atom is -0.378 e. The molecule has 3 rings (SSSR count). The quantitative estimate of drug-likeness (QED) is 0.809. The van der Waals surface area contributed by atoms with Crippen molar-refractivity contribution in [3.8, 4) is 0 Å². The molecule has 0 bridgehead atoms. The molecule has 3 N–H and O–H groups in total. The molecule has 7 heteroatoms. The Labute approximate surface area is 160 Å². The van der Waals surface area contributed by atoms with Gasteiger partial charge in [0.2, 0.25) is 5.91 Å². The Morgan fingerprint density at radius 3 is 2.76 bits per heavy atom. The number of halogens is 1. The van der Waals surface area contributed by atoms with E-state index in [0.29, 0.717) is 18.2 Å². The van der Waals surface area contributed by atoms with Crippen LogP contribution in [-0.2, 0) is 22.4 Å². The Bertz CT molecular complexity index is 634. The molecule has 1 saturated carbocycles. The third-order valence-corrected chi connectivity index (χ3v) is 7.11. The van der Waals surface area contributed by atoms with Crippen molar-refractivity contribution in [2.24, 2.45) is 17.1 Å². The number of nitrogens with zero attached hydrogens (tertiary/aromatic N) is 1. The average molecular weight is 388 g/mol. The van der Waals surface area contributed by atoms with Crippen LogP contribution in [0.5, 0.6) is 0 Å². The zero-order valence-electron chi connectivity index (χ0n) is 15.6. The molecule has 0 radical (unpaired) electrons. The Hall–Kier alpha value is -0.690. The number of nitrogens with two attached hydrogens (primary N) is 1. The highest BCUT2D eigenvalue weighted by Gasteiger charge is 2.63. The lowest BCUT2D eigenvalue weighted by atomic mass is 9.54. The zero-order valence-corrected chi connectivity index (χ0v) is 17.2. The number of aromatic nitrogens is 1. The molecule has 0 aromatic carbocycles. The van der Waals surface area contributed by atoms with Gasteiger partial charge in [-0.15, -0.1) is 23.7 Å². The summed E-state index contributed by atoms with van der Waals surface area (Å²) in [5.41, 5.74) is 6.33. The molecule has 1 aromatic heterocycles. The molecular formula is C18H30ClN3O2S. The number of hydrogen-bond acceptors (Lipinski definition) is 5. The average Bonchev–Trinajstić information content (AvgIpc) is 2.95. The van der Waals surface area contributed by atoms with Crippen molar-refractivity contribution in [3.05, 3.63) is 10.6 Å². The third-order valence-electron chi connectivity index (χ3n) is 6.07. The van der Waals surface area contributed by atoms with Gasteiger partial charge in [0.15, 0.2) is 5.13 Å². The van der Waals surface area contributed by atoms with Gasteiger partial charge in [-0.1, -0.05) is 27.2 Å². The lowest BCUT2D eigenvalue weighted by molar-refractivity contribution is -0.166. The van der Waals surface area contributed by atoms with Crippen LogP contribution in [0.4, 0.5) is 5.13 Å². The van der Waals surface area contributed by atoms with E-state index in [1.165, 1.54) is 17.7 Å². The van der Waals surface area contributed by atoms with E-state index < -0.39 is 5.54 Å². The predicted octanol–water partition coefficient (Wildman–Crippen LogP) is 3.55. The first-order valence-corrected chi connectivity index (χ1v) is 9.84. The lowest BCUT2D eigenvalue weighted by Gasteiger charge is -2.57. The van der Waals surface area contributed by atoms with E-state index in [0.717, 1.165) is 24.5 Å². The summed E-state index contributed by atoms with van der Waals surface area (Å²) < 4.78 is 5.71. The van der Waals surface area contributed by atoms with Crippen molar-refractivity contribution in [1.82, 2.24) is 4.98 Å². The summed E-state index contributed by atoms with van der Waals surface area (Å²) in [5, 5.41) is 3.68. The predicted molar refractivity (Wildman–Crippen MR) is 105 cm³/mol. The molecule has 0 aliphatic heterocycles. The summed E-state index contributed by atoms with van der Waals surface area (Å²) in [6.07, 6.45) is 5.11. The lowest BCUT2D eigenvalue weighted by Crippen LogP contribution is -2.74. The molecule has 2 aliphatic rings. The van der Waals surface area contributed by atoms with Crippen molar-refractivity contribution in [3.63, 3.8) is 0 Å². The summed E-state index contributed by atoms with van der Waals surface area (Å²) in [5.74, 6) is 0.612. The maximum Gasteiger partial charge on any atom is 0.246 e. The monoisotopic (exact) mass is 387 g/mol. The van der Waals surface area contributed by atoms with Crippen LogP contribution in [0.3, 0.4) is 0 Å². The highest BCUT2D eigenvalue weighted by atomic mass is 35.5. The van der Waals surface area contributed by atoms with Gasteiger partial charge in [0.05, 0.1) is 11.8 Å². The summed E-state index contributed by atoms with van der Waals surface area (Å²) in [4.78, 5) is 18.8. The number of rotatable bonds is 5. The summed E-state index contributed by atoms with van der Waals surface area (Å²) >= 11 is 1.61. The highest BCUT2D eigenvalue weighted by molar-refractivity contribution is 7.15. The Morgan fingerprint density at radius 2 is 2.16 bits per heavy atom. The van der Waals surface area contributed by atoms with Crippen molar-refractivity contribution in [2.75, 3.05) is 11.9 Å². The number of fused-ring (bicyclic) bond motifs is 1. The number of ether oxygens (including phenoxy) is 1. The molecule has 3 unspecified atom stereocenters. The fraction of sp³-hybridized carbons (Fsp3) is 0.778. The minimum atomic E-state index is -0.898. The number of carbonyl (C=O) groups is 1. The number of amides is 1. The fourth-order valence-electron chi connectivity index (χ4n) is 3.87. The van der Waals surface area contributed by atoms with Gasteiger partial charge < -0.3 is 15.8 Å². The first-order chi connectivity index (χ1) is 11.3. The van der Waals surface area contributed by atoms with Crippen LogP contribution in [0.2, 0.25) is 0 Å². The second-order valence-corrected chi connectivity index (χ2v) is 8.78. The molecule has 1 fully saturated rings. The molecular weight excluding hydrogens is 358 g/mol. The largest absolute Gasteiger partial charge is 0.378 e. The number of nitrogens with one attached hydrogen (secondary N) is 1. The summed E-state index contributed by atoms with van der Waals surface area (Å²) in [6.45, 7) is 8.87. The van der Waals surface area contributed by atoms with E-state index in [1.54, 1.807) is 11.3 Å². The molecule has 1 aromatic rings. The topological polar surface area (TPSA) is 77.2 Å². The van der Waals surface area contributed by atoms with Gasteiger partial charge >= 0.3 is 0 Å². The van der Waals surface area contributed by atoms with E-state index in [1.807, 2.05) is 20.8 Å². The maximum absolute atomic E-state index is 12.8. The highest BCUT2D eigenvalue weighted by Crippen LogP contribution is 2.50. The van der Waals surface area contributed by atoms with Crippen molar-refractivity contribution >= 4 is 34.8 Å². The molecule has 5 nitrogen and oxygen atoms in total. The van der Waals surface area contributed by atoms with E-state index in [2.05, 4.69) is 17.2 Å². The van der Waals surface area contributed by atoms with Gasteiger partial charge in [-0.2, -0.15) is 0 Å². The van der Waals surface area contributed by atoms with Crippen LogP contribution in [0.25, 0.3) is 0 Å². The number of carbonyl (C=O) groups excluding carboxylic acids is 1. The maximum atomic E-state index is 12.8. The van der Waals surface area contributed by atoms with Crippen molar-refractivity contribution in [2.45, 2.75) is 71.4 Å². The first-order valence-electron chi connectivity index (χ1n) is 9.02. The van der Waals surface area contributed by atoms with Crippen LogP contribution in [0.15, 0.2) is 0 Å². The van der Waals surface area contributed by atoms with Gasteiger partial charge in [-0.05, 0) is 32.1 Å². The third kappa shape index (κ3) is 3.46. The Morgan fingerprint density at radius 1 is 1.44 bits per heavy atom. The van der Waals surface area contributed by atoms with Gasteiger partial charge in [0.1, 0.15) is 5.54 Å². The molecule has 0 spiro atoms. The summed E-state index contributed by atoms with van der Waals surface area (Å²) in [6, 6.07) is 0. The first kappa shape index (κ1) is 20.6. The van der Waals surface area contributed by atoms with Crippen molar-refractivity contribution in [1.29, 1.82) is 0 Å². The number of thiazole rings is 1. The van der Waals surface area contributed by atoms with E-state index in [-0.39, 0.29) is 29.8 Å². The SMILES string of the molecule is CCOC1CC(N)(C(=O)Nc2nc3c(s2)CC(CC)CC3)C1(C)C.Cl. The second-order valence-electron chi connectivity index (χ2n) is 7.70. The fourth-order valence-corrected chi connectivity index (χ4v) is 4.99. The molecule has 2 aliphatic carbocycles. The van der Waals surface area contributed by atoms with Crippen LogP contribution in [0, 0.1) is 11.3 Å². The molecule has 1 amide bonds. The van der Waals surface area contributed by atoms with E-state index in [4.69, 9.17) is 10.5 Å². The van der Waals surface area contributed by atoms with Gasteiger partial charge in [-0.3, -0.25) is 4.79 Å². The molecule has 25 heavy (non-hydrogen) atoms. The van der Waals surface area contributed by atoms with E-state index >= 15 is 0 Å². The van der Waals surface area contributed by atoms with E-state index in [9.17, 15) is 4.79 Å². The van der Waals surface area contributed by atoms with Crippen LogP contribution >= 0.6 is 23.7 Å².